The molecule has 1 saturated carbocycles. The van der Waals surface area contributed by atoms with Gasteiger partial charge >= 0.3 is 132 Å². The van der Waals surface area contributed by atoms with E-state index < -0.39 is 0 Å². The quantitative estimate of drug-likeness (QED) is 0.602. The molecule has 1 fully saturated rings. The predicted molar refractivity (Wildman–Crippen MR) is 87.9 cm³/mol. The molecule has 0 unspecified atom stereocenters. The zero-order valence-electron chi connectivity index (χ0n) is 12.0. The molecule has 0 heterocycles. The molecule has 2 heteroatoms. The molecule has 2 atom stereocenters. The number of rotatable bonds is 5. The first-order valence-electron chi connectivity index (χ1n) is 7.24. The van der Waals surface area contributed by atoms with Gasteiger partial charge in [0.25, 0.3) is 0 Å². The number of allylic oxidation sites excluding steroid dienone is 2. The van der Waals surface area contributed by atoms with Crippen molar-refractivity contribution < 1.29 is 4.79 Å². The second-order valence-electron chi connectivity index (χ2n) is 5.48. The van der Waals surface area contributed by atoms with Gasteiger partial charge in [-0.15, -0.1) is 0 Å². The molecule has 0 radical (unpaired) electrons. The van der Waals surface area contributed by atoms with E-state index in [0.29, 0.717) is 11.8 Å². The van der Waals surface area contributed by atoms with Crippen LogP contribution in [0, 0.1) is 5.92 Å². The summed E-state index contributed by atoms with van der Waals surface area (Å²) in [5.41, 5.74) is 2.64. The fourth-order valence-corrected chi connectivity index (χ4v) is 4.31. The molecule has 0 amide bonds. The van der Waals surface area contributed by atoms with Gasteiger partial charge in [-0.3, -0.25) is 0 Å². The summed E-state index contributed by atoms with van der Waals surface area (Å²) < 4.78 is 1.42. The Labute approximate surface area is 132 Å². The van der Waals surface area contributed by atoms with Crippen LogP contribution < -0.4 is 4.46 Å². The first kappa shape index (κ1) is 14.3. The molecule has 0 spiro atoms. The second kappa shape index (κ2) is 6.43. The van der Waals surface area contributed by atoms with Crippen LogP contribution in [-0.2, 0) is 4.79 Å². The van der Waals surface area contributed by atoms with Crippen molar-refractivity contribution in [2.45, 2.75) is 19.3 Å². The molecule has 21 heavy (non-hydrogen) atoms. The molecule has 2 aromatic rings. The Bertz CT molecular complexity index is 646. The fraction of sp³-hybridized carbons (Fsp3) is 0.211. The summed E-state index contributed by atoms with van der Waals surface area (Å²) in [6, 6.07) is 20.6. The van der Waals surface area contributed by atoms with E-state index >= 15 is 0 Å². The van der Waals surface area contributed by atoms with Gasteiger partial charge in [-0.1, -0.05) is 0 Å². The molecule has 2 aromatic carbocycles. The monoisotopic (exact) mass is 342 g/mol. The van der Waals surface area contributed by atoms with Crippen molar-refractivity contribution in [1.82, 2.24) is 0 Å². The zero-order chi connectivity index (χ0) is 14.7. The topological polar surface area (TPSA) is 17.1 Å². The molecule has 1 aliphatic rings. The van der Waals surface area contributed by atoms with Gasteiger partial charge in [0.05, 0.1) is 0 Å². The summed E-state index contributed by atoms with van der Waals surface area (Å²) in [5, 5.41) is 0. The fourth-order valence-electron chi connectivity index (χ4n) is 2.69. The van der Waals surface area contributed by atoms with E-state index in [9.17, 15) is 4.79 Å². The summed E-state index contributed by atoms with van der Waals surface area (Å²) in [5.74, 6) is 1.17. The average molecular weight is 341 g/mol. The number of carbonyl (C=O) groups is 1. The molecular formula is C19H18OSe. The van der Waals surface area contributed by atoms with Crippen LogP contribution >= 0.6 is 0 Å². The predicted octanol–water partition coefficient (Wildman–Crippen LogP) is 3.29. The van der Waals surface area contributed by atoms with Crippen LogP contribution in [0.15, 0.2) is 72.3 Å². The van der Waals surface area contributed by atoms with E-state index in [1.807, 2.05) is 36.4 Å². The summed E-state index contributed by atoms with van der Waals surface area (Å²) in [7, 11) is 0. The van der Waals surface area contributed by atoms with E-state index in [4.69, 9.17) is 0 Å². The van der Waals surface area contributed by atoms with Gasteiger partial charge in [0.1, 0.15) is 0 Å². The van der Waals surface area contributed by atoms with Crippen LogP contribution in [0.25, 0.3) is 0 Å². The van der Waals surface area contributed by atoms with Gasteiger partial charge in [-0.25, -0.2) is 0 Å². The first-order chi connectivity index (χ1) is 10.2. The van der Waals surface area contributed by atoms with Gasteiger partial charge in [0, 0.05) is 0 Å². The van der Waals surface area contributed by atoms with Crippen LogP contribution in [0.1, 0.15) is 24.8 Å². The van der Waals surface area contributed by atoms with Crippen LogP contribution in [0.3, 0.4) is 0 Å². The SMILES string of the molecule is C/C(=C\C(=O)[Se]c1ccccc1)[C@@H]1C[C@@H]1c1ccccc1. The number of hydrogen-bond donors (Lipinski definition) is 0. The maximum absolute atomic E-state index is 12.1. The average Bonchev–Trinajstić information content (AvgIpc) is 3.29. The minimum atomic E-state index is -0.0976. The number of hydrogen-bond acceptors (Lipinski definition) is 1. The Morgan fingerprint density at radius 2 is 1.67 bits per heavy atom. The molecule has 3 rings (SSSR count). The van der Waals surface area contributed by atoms with Crippen LogP contribution in [0.4, 0.5) is 0 Å². The summed E-state index contributed by atoms with van der Waals surface area (Å²) in [6.07, 6.45) is 3.05. The van der Waals surface area contributed by atoms with Crippen LogP contribution in [-0.4, -0.2) is 19.6 Å². The van der Waals surface area contributed by atoms with Crippen molar-refractivity contribution in [2.75, 3.05) is 0 Å². The normalized spacial score (nSPS) is 21.1. The third-order valence-electron chi connectivity index (χ3n) is 3.91. The molecule has 0 aromatic heterocycles. The van der Waals surface area contributed by atoms with Gasteiger partial charge in [-0.2, -0.15) is 0 Å². The standard InChI is InChI=1S/C19H18OSe/c1-14(12-19(20)21-16-10-6-3-7-11-16)17-13-18(17)15-8-4-2-5-9-15/h2-12,17-18H,13H2,1H3/b14-12+/t17-,18+/m0/s1. The summed E-state index contributed by atoms with van der Waals surface area (Å²) >= 11 is -0.0976. The van der Waals surface area contributed by atoms with Gasteiger partial charge in [-0.05, 0) is 0 Å². The molecule has 0 N–H and O–H groups in total. The first-order valence-corrected chi connectivity index (χ1v) is 8.95. The molecule has 1 nitrogen and oxygen atoms in total. The number of benzene rings is 2. The van der Waals surface area contributed by atoms with Gasteiger partial charge in [0.2, 0.25) is 0 Å². The summed E-state index contributed by atoms with van der Waals surface area (Å²) in [6.45, 7) is 2.10. The van der Waals surface area contributed by atoms with Crippen molar-refractivity contribution in [2.24, 2.45) is 5.92 Å². The van der Waals surface area contributed by atoms with E-state index in [-0.39, 0.29) is 19.6 Å². The van der Waals surface area contributed by atoms with Gasteiger partial charge < -0.3 is 0 Å². The zero-order valence-corrected chi connectivity index (χ0v) is 13.7. The molecule has 0 bridgehead atoms. The van der Waals surface area contributed by atoms with E-state index in [1.54, 1.807) is 0 Å². The molecule has 1 aliphatic carbocycles. The molecular weight excluding hydrogens is 323 g/mol. The van der Waals surface area contributed by atoms with Gasteiger partial charge in [0.15, 0.2) is 0 Å². The van der Waals surface area contributed by atoms with Crippen LogP contribution in [0.5, 0.6) is 0 Å². The molecule has 0 aliphatic heterocycles. The third-order valence-corrected chi connectivity index (χ3v) is 5.65. The maximum atomic E-state index is 12.1. The van der Waals surface area contributed by atoms with Crippen molar-refractivity contribution in [3.8, 4) is 0 Å². The van der Waals surface area contributed by atoms with Crippen LogP contribution in [0.2, 0.25) is 0 Å². The van der Waals surface area contributed by atoms with Crippen molar-refractivity contribution in [3.05, 3.63) is 77.9 Å². The Hall–Kier alpha value is -1.63. The molecule has 0 saturated heterocycles. The minimum absolute atomic E-state index is 0.0976. The van der Waals surface area contributed by atoms with Crippen molar-refractivity contribution >= 4 is 24.1 Å². The second-order valence-corrected chi connectivity index (χ2v) is 7.74. The Morgan fingerprint density at radius 3 is 2.33 bits per heavy atom. The third kappa shape index (κ3) is 3.72. The van der Waals surface area contributed by atoms with E-state index in [2.05, 4.69) is 37.3 Å². The van der Waals surface area contributed by atoms with Crippen molar-refractivity contribution in [3.63, 3.8) is 0 Å². The Morgan fingerprint density at radius 1 is 1.05 bits per heavy atom. The number of carbonyl (C=O) groups excluding carboxylic acids is 1. The van der Waals surface area contributed by atoms with E-state index in [0.717, 1.165) is 4.46 Å². The Kier molecular flexibility index (Phi) is 4.38. The summed E-state index contributed by atoms with van der Waals surface area (Å²) in [4.78, 5) is 12.1. The molecule has 106 valence electrons. The van der Waals surface area contributed by atoms with Crippen molar-refractivity contribution in [1.29, 1.82) is 0 Å². The Balaban J connectivity index is 1.61. The van der Waals surface area contributed by atoms with E-state index in [1.165, 1.54) is 17.6 Å².